The Kier molecular flexibility index (Phi) is 6.25. The van der Waals surface area contributed by atoms with Crippen LogP contribution in [0.15, 0.2) is 42.5 Å². The van der Waals surface area contributed by atoms with Crippen LogP contribution in [0.5, 0.6) is 0 Å². The van der Waals surface area contributed by atoms with Gasteiger partial charge in [0, 0.05) is 24.2 Å². The number of nitrogens with one attached hydrogen (secondary N) is 1. The number of alkyl carbamates (subject to hydrolysis) is 1. The molecule has 2 amide bonds. The van der Waals surface area contributed by atoms with Crippen molar-refractivity contribution in [3.63, 3.8) is 0 Å². The van der Waals surface area contributed by atoms with Crippen molar-refractivity contribution >= 4 is 23.5 Å². The van der Waals surface area contributed by atoms with Crippen molar-refractivity contribution in [2.75, 3.05) is 4.90 Å². The van der Waals surface area contributed by atoms with Crippen molar-refractivity contribution in [1.82, 2.24) is 5.32 Å². The fraction of sp³-hybridized carbons (Fsp3) is 0.375. The number of ether oxygens (including phenoxy) is 1. The van der Waals surface area contributed by atoms with E-state index in [9.17, 15) is 14.4 Å². The number of hydrogen-bond acceptors (Lipinski definition) is 4. The number of amides is 2. The lowest BCUT2D eigenvalue weighted by Gasteiger charge is -2.39. The molecule has 2 aromatic carbocycles. The standard InChI is InChI=1S/C24H28N2O4/c1-14(2)30-24(29)25-22-12-15(3)26(17(5)28)23-11-10-20(13-21(22)23)19-8-6-18(7-9-19)16(4)27/h6-11,13-15,22H,12H2,1-5H3,(H,25,29)/t15-,22+/m0/s1. The van der Waals surface area contributed by atoms with Crippen LogP contribution in [-0.2, 0) is 9.53 Å². The van der Waals surface area contributed by atoms with E-state index >= 15 is 0 Å². The summed E-state index contributed by atoms with van der Waals surface area (Å²) < 4.78 is 5.27. The Morgan fingerprint density at radius 1 is 1.03 bits per heavy atom. The summed E-state index contributed by atoms with van der Waals surface area (Å²) in [5, 5.41) is 2.96. The Balaban J connectivity index is 2.01. The number of rotatable bonds is 4. The zero-order chi connectivity index (χ0) is 22.0. The number of benzene rings is 2. The highest BCUT2D eigenvalue weighted by Crippen LogP contribution is 2.39. The van der Waals surface area contributed by atoms with E-state index in [1.165, 1.54) is 6.92 Å². The molecule has 0 spiro atoms. The SMILES string of the molecule is CC(=O)c1ccc(-c2ccc3c(c2)[C@H](NC(=O)OC(C)C)C[C@H](C)N3C(C)=O)cc1. The van der Waals surface area contributed by atoms with E-state index in [1.807, 2.05) is 37.3 Å². The van der Waals surface area contributed by atoms with Crippen LogP contribution in [0.1, 0.15) is 63.0 Å². The van der Waals surface area contributed by atoms with Crippen LogP contribution in [0.2, 0.25) is 0 Å². The molecule has 0 saturated heterocycles. The van der Waals surface area contributed by atoms with E-state index < -0.39 is 6.09 Å². The first-order chi connectivity index (χ1) is 14.2. The zero-order valence-corrected chi connectivity index (χ0v) is 18.1. The van der Waals surface area contributed by atoms with Crippen LogP contribution < -0.4 is 10.2 Å². The van der Waals surface area contributed by atoms with Gasteiger partial charge < -0.3 is 15.0 Å². The van der Waals surface area contributed by atoms with Gasteiger partial charge in [-0.05, 0) is 62.9 Å². The molecule has 6 heteroatoms. The lowest BCUT2D eigenvalue weighted by atomic mass is 9.89. The monoisotopic (exact) mass is 408 g/mol. The molecular weight excluding hydrogens is 380 g/mol. The van der Waals surface area contributed by atoms with Gasteiger partial charge in [0.2, 0.25) is 5.91 Å². The van der Waals surface area contributed by atoms with Gasteiger partial charge in [0.05, 0.1) is 12.1 Å². The Bertz CT molecular complexity index is 966. The number of Topliss-reactive ketones (excluding diaryl/α,β-unsaturated/α-hetero) is 1. The van der Waals surface area contributed by atoms with Crippen LogP contribution in [0.25, 0.3) is 11.1 Å². The molecule has 0 unspecified atom stereocenters. The fourth-order valence-corrected chi connectivity index (χ4v) is 3.95. The van der Waals surface area contributed by atoms with Crippen LogP contribution in [0.3, 0.4) is 0 Å². The second kappa shape index (κ2) is 8.69. The smallest absolute Gasteiger partial charge is 0.407 e. The summed E-state index contributed by atoms with van der Waals surface area (Å²) in [5.74, 6) is -0.0171. The topological polar surface area (TPSA) is 75.7 Å². The normalized spacial score (nSPS) is 18.0. The van der Waals surface area contributed by atoms with Gasteiger partial charge in [-0.3, -0.25) is 9.59 Å². The predicted octanol–water partition coefficient (Wildman–Crippen LogP) is 4.88. The average molecular weight is 408 g/mol. The van der Waals surface area contributed by atoms with Crippen LogP contribution >= 0.6 is 0 Å². The van der Waals surface area contributed by atoms with E-state index in [0.29, 0.717) is 12.0 Å². The number of ketones is 1. The lowest BCUT2D eigenvalue weighted by Crippen LogP contribution is -2.45. The Labute approximate surface area is 177 Å². The average Bonchev–Trinajstić information content (AvgIpc) is 2.66. The van der Waals surface area contributed by atoms with E-state index in [0.717, 1.165) is 22.4 Å². The minimum absolute atomic E-state index is 0.0195. The number of fused-ring (bicyclic) bond motifs is 1. The van der Waals surface area contributed by atoms with Crippen molar-refractivity contribution < 1.29 is 19.1 Å². The molecule has 1 N–H and O–H groups in total. The number of anilines is 1. The van der Waals surface area contributed by atoms with Crippen molar-refractivity contribution in [2.45, 2.75) is 59.2 Å². The van der Waals surface area contributed by atoms with Gasteiger partial charge in [-0.2, -0.15) is 0 Å². The van der Waals surface area contributed by atoms with Crippen molar-refractivity contribution in [3.8, 4) is 11.1 Å². The van der Waals surface area contributed by atoms with Crippen LogP contribution in [0, 0.1) is 0 Å². The first-order valence-electron chi connectivity index (χ1n) is 10.2. The van der Waals surface area contributed by atoms with Gasteiger partial charge in [0.15, 0.2) is 5.78 Å². The van der Waals surface area contributed by atoms with E-state index in [1.54, 1.807) is 37.8 Å². The summed E-state index contributed by atoms with van der Waals surface area (Å²) in [7, 11) is 0. The van der Waals surface area contributed by atoms with Crippen LogP contribution in [0.4, 0.5) is 10.5 Å². The lowest BCUT2D eigenvalue weighted by molar-refractivity contribution is -0.117. The molecule has 1 aliphatic heterocycles. The molecule has 0 bridgehead atoms. The summed E-state index contributed by atoms with van der Waals surface area (Å²) in [6.45, 7) is 8.67. The van der Waals surface area contributed by atoms with Gasteiger partial charge in [-0.25, -0.2) is 4.79 Å². The molecule has 1 aliphatic rings. The van der Waals surface area contributed by atoms with Crippen molar-refractivity contribution in [2.24, 2.45) is 0 Å². The molecular formula is C24H28N2O4. The van der Waals surface area contributed by atoms with E-state index in [-0.39, 0.29) is 29.9 Å². The van der Waals surface area contributed by atoms with Crippen LogP contribution in [-0.4, -0.2) is 29.9 Å². The van der Waals surface area contributed by atoms with Gasteiger partial charge in [0.1, 0.15) is 0 Å². The maximum absolute atomic E-state index is 12.3. The highest BCUT2D eigenvalue weighted by atomic mass is 16.6. The largest absolute Gasteiger partial charge is 0.447 e. The quantitative estimate of drug-likeness (QED) is 0.732. The number of carbonyl (C=O) groups is 3. The maximum Gasteiger partial charge on any atom is 0.407 e. The minimum Gasteiger partial charge on any atom is -0.447 e. The third kappa shape index (κ3) is 4.53. The number of carbonyl (C=O) groups excluding carboxylic acids is 3. The number of nitrogens with zero attached hydrogens (tertiary/aromatic N) is 1. The van der Waals surface area contributed by atoms with E-state index in [4.69, 9.17) is 4.74 Å². The second-order valence-corrected chi connectivity index (χ2v) is 8.03. The maximum atomic E-state index is 12.3. The summed E-state index contributed by atoms with van der Waals surface area (Å²) in [6, 6.07) is 13.0. The molecule has 3 rings (SSSR count). The molecule has 1 heterocycles. The Morgan fingerprint density at radius 2 is 1.67 bits per heavy atom. The van der Waals surface area contributed by atoms with E-state index in [2.05, 4.69) is 5.32 Å². The second-order valence-electron chi connectivity index (χ2n) is 8.03. The molecule has 0 aromatic heterocycles. The first kappa shape index (κ1) is 21.6. The summed E-state index contributed by atoms with van der Waals surface area (Å²) >= 11 is 0. The molecule has 158 valence electrons. The highest BCUT2D eigenvalue weighted by molar-refractivity contribution is 5.95. The van der Waals surface area contributed by atoms with Gasteiger partial charge >= 0.3 is 6.09 Å². The molecule has 2 atom stereocenters. The zero-order valence-electron chi connectivity index (χ0n) is 18.1. The number of hydrogen-bond donors (Lipinski definition) is 1. The molecule has 0 radical (unpaired) electrons. The summed E-state index contributed by atoms with van der Waals surface area (Å²) in [5.41, 5.74) is 4.23. The third-order valence-electron chi connectivity index (χ3n) is 5.28. The molecule has 6 nitrogen and oxygen atoms in total. The van der Waals surface area contributed by atoms with Gasteiger partial charge in [-0.1, -0.05) is 30.3 Å². The highest BCUT2D eigenvalue weighted by Gasteiger charge is 2.33. The summed E-state index contributed by atoms with van der Waals surface area (Å²) in [6.07, 6.45) is -0.0991. The van der Waals surface area contributed by atoms with Gasteiger partial charge in [-0.15, -0.1) is 0 Å². The van der Waals surface area contributed by atoms with Crippen molar-refractivity contribution in [1.29, 1.82) is 0 Å². The van der Waals surface area contributed by atoms with Crippen molar-refractivity contribution in [3.05, 3.63) is 53.6 Å². The third-order valence-corrected chi connectivity index (χ3v) is 5.28. The molecule has 0 saturated carbocycles. The first-order valence-corrected chi connectivity index (χ1v) is 10.2. The fourth-order valence-electron chi connectivity index (χ4n) is 3.95. The van der Waals surface area contributed by atoms with Gasteiger partial charge in [0.25, 0.3) is 0 Å². The Hall–Kier alpha value is -3.15. The summed E-state index contributed by atoms with van der Waals surface area (Å²) in [4.78, 5) is 37.9. The molecule has 2 aromatic rings. The molecule has 0 aliphatic carbocycles. The molecule has 0 fully saturated rings. The predicted molar refractivity (Wildman–Crippen MR) is 117 cm³/mol. The minimum atomic E-state index is -0.472. The molecule has 30 heavy (non-hydrogen) atoms. The Morgan fingerprint density at radius 3 is 2.23 bits per heavy atom.